The summed E-state index contributed by atoms with van der Waals surface area (Å²) in [6.07, 6.45) is 0.761. The highest BCUT2D eigenvalue weighted by Crippen LogP contribution is 2.29. The first kappa shape index (κ1) is 12.1. The van der Waals surface area contributed by atoms with Crippen LogP contribution in [0.2, 0.25) is 0 Å². The molecule has 0 radical (unpaired) electrons. The Hall–Kier alpha value is -1.33. The first-order valence-electron chi connectivity index (χ1n) is 5.20. The van der Waals surface area contributed by atoms with Crippen molar-refractivity contribution in [3.63, 3.8) is 0 Å². The fraction of sp³-hybridized carbons (Fsp3) is 0.250. The number of hydrogen-bond acceptors (Lipinski definition) is 3. The predicted molar refractivity (Wildman–Crippen MR) is 62.8 cm³/mol. The molecular formula is C12H11F2NOS. The fourth-order valence-corrected chi connectivity index (χ4v) is 2.54. The van der Waals surface area contributed by atoms with Crippen molar-refractivity contribution in [1.29, 1.82) is 0 Å². The molecule has 0 aliphatic carbocycles. The van der Waals surface area contributed by atoms with Gasteiger partial charge in [-0.2, -0.15) is 0 Å². The Kier molecular flexibility index (Phi) is 3.49. The molecule has 2 aromatic rings. The van der Waals surface area contributed by atoms with E-state index in [4.69, 9.17) is 5.11 Å². The molecule has 0 spiro atoms. The van der Waals surface area contributed by atoms with E-state index in [1.54, 1.807) is 0 Å². The summed E-state index contributed by atoms with van der Waals surface area (Å²) in [5.74, 6) is -1.76. The minimum Gasteiger partial charge on any atom is -0.390 e. The van der Waals surface area contributed by atoms with Gasteiger partial charge in [-0.1, -0.05) is 6.92 Å². The van der Waals surface area contributed by atoms with Crippen LogP contribution in [-0.4, -0.2) is 10.1 Å². The Morgan fingerprint density at radius 2 is 2.06 bits per heavy atom. The zero-order valence-corrected chi connectivity index (χ0v) is 10.0. The van der Waals surface area contributed by atoms with E-state index in [1.165, 1.54) is 17.4 Å². The van der Waals surface area contributed by atoms with Gasteiger partial charge in [0.25, 0.3) is 0 Å². The van der Waals surface area contributed by atoms with Gasteiger partial charge < -0.3 is 5.11 Å². The number of rotatable bonds is 3. The highest BCUT2D eigenvalue weighted by atomic mass is 32.1. The monoisotopic (exact) mass is 255 g/mol. The predicted octanol–water partition coefficient (Wildman–Crippen LogP) is 3.14. The van der Waals surface area contributed by atoms with Gasteiger partial charge in [-0.3, -0.25) is 0 Å². The molecule has 2 rings (SSSR count). The van der Waals surface area contributed by atoms with Gasteiger partial charge in [0.1, 0.15) is 5.01 Å². The molecule has 1 aromatic heterocycles. The summed E-state index contributed by atoms with van der Waals surface area (Å²) in [4.78, 5) is 5.18. The third-order valence-corrected chi connectivity index (χ3v) is 3.71. The van der Waals surface area contributed by atoms with E-state index in [1.807, 2.05) is 6.92 Å². The number of aryl methyl sites for hydroxylation is 1. The maximum Gasteiger partial charge on any atom is 0.159 e. The number of halogens is 2. The quantitative estimate of drug-likeness (QED) is 0.914. The molecule has 1 N–H and O–H groups in total. The summed E-state index contributed by atoms with van der Waals surface area (Å²) in [6, 6.07) is 3.68. The second-order valence-electron chi connectivity index (χ2n) is 3.53. The Morgan fingerprint density at radius 1 is 1.29 bits per heavy atom. The molecule has 0 bridgehead atoms. The number of hydrogen-bond donors (Lipinski definition) is 1. The van der Waals surface area contributed by atoms with Crippen LogP contribution in [-0.2, 0) is 13.0 Å². The summed E-state index contributed by atoms with van der Waals surface area (Å²) in [5, 5.41) is 9.72. The third kappa shape index (κ3) is 2.35. The molecule has 1 aromatic carbocycles. The molecule has 0 saturated heterocycles. The third-order valence-electron chi connectivity index (χ3n) is 2.42. The molecular weight excluding hydrogens is 244 g/mol. The first-order chi connectivity index (χ1) is 8.15. The van der Waals surface area contributed by atoms with E-state index in [0.29, 0.717) is 16.3 Å². The Balaban J connectivity index is 2.45. The van der Waals surface area contributed by atoms with E-state index in [9.17, 15) is 8.78 Å². The van der Waals surface area contributed by atoms with Crippen LogP contribution in [0.1, 0.15) is 17.5 Å². The lowest BCUT2D eigenvalue weighted by Gasteiger charge is -1.97. The van der Waals surface area contributed by atoms with Crippen molar-refractivity contribution in [2.24, 2.45) is 0 Å². The summed E-state index contributed by atoms with van der Waals surface area (Å²) in [7, 11) is 0. The Labute approximate surface area is 102 Å². The average molecular weight is 255 g/mol. The number of thiazole rings is 1. The molecule has 17 heavy (non-hydrogen) atoms. The van der Waals surface area contributed by atoms with E-state index >= 15 is 0 Å². The normalized spacial score (nSPS) is 10.8. The molecule has 5 heteroatoms. The minimum absolute atomic E-state index is 0.136. The van der Waals surface area contributed by atoms with Crippen molar-refractivity contribution >= 4 is 11.3 Å². The lowest BCUT2D eigenvalue weighted by atomic mass is 10.2. The zero-order valence-electron chi connectivity index (χ0n) is 9.20. The van der Waals surface area contributed by atoms with Gasteiger partial charge in [0.05, 0.1) is 12.3 Å². The number of benzene rings is 1. The van der Waals surface area contributed by atoms with Crippen molar-refractivity contribution in [3.8, 4) is 10.6 Å². The van der Waals surface area contributed by atoms with Gasteiger partial charge in [0.2, 0.25) is 0 Å². The molecule has 0 amide bonds. The summed E-state index contributed by atoms with van der Waals surface area (Å²) >= 11 is 1.39. The summed E-state index contributed by atoms with van der Waals surface area (Å²) in [5.41, 5.74) is 1.14. The van der Waals surface area contributed by atoms with Gasteiger partial charge in [-0.05, 0) is 24.6 Å². The van der Waals surface area contributed by atoms with Crippen LogP contribution in [0.5, 0.6) is 0 Å². The van der Waals surface area contributed by atoms with Crippen LogP contribution in [0.3, 0.4) is 0 Å². The second-order valence-corrected chi connectivity index (χ2v) is 4.61. The highest BCUT2D eigenvalue weighted by molar-refractivity contribution is 7.15. The van der Waals surface area contributed by atoms with Crippen LogP contribution in [0.25, 0.3) is 10.6 Å². The highest BCUT2D eigenvalue weighted by Gasteiger charge is 2.12. The smallest absolute Gasteiger partial charge is 0.159 e. The van der Waals surface area contributed by atoms with Crippen molar-refractivity contribution in [1.82, 2.24) is 4.98 Å². The Bertz CT molecular complexity index is 518. The maximum atomic E-state index is 13.1. The summed E-state index contributed by atoms with van der Waals surface area (Å²) in [6.45, 7) is 1.82. The van der Waals surface area contributed by atoms with E-state index in [2.05, 4.69) is 4.98 Å². The molecule has 0 atom stereocenters. The fourth-order valence-electron chi connectivity index (χ4n) is 1.54. The van der Waals surface area contributed by atoms with Gasteiger partial charge in [-0.15, -0.1) is 11.3 Å². The first-order valence-corrected chi connectivity index (χ1v) is 6.02. The number of aliphatic hydroxyl groups excluding tert-OH is 1. The molecule has 0 aliphatic heterocycles. The Morgan fingerprint density at radius 3 is 2.59 bits per heavy atom. The topological polar surface area (TPSA) is 33.1 Å². The van der Waals surface area contributed by atoms with Crippen LogP contribution >= 0.6 is 11.3 Å². The average Bonchev–Trinajstić information content (AvgIpc) is 2.75. The lowest BCUT2D eigenvalue weighted by Crippen LogP contribution is -1.88. The van der Waals surface area contributed by atoms with Gasteiger partial charge in [0, 0.05) is 10.4 Å². The minimum atomic E-state index is -0.888. The molecule has 1 heterocycles. The number of aromatic nitrogens is 1. The van der Waals surface area contributed by atoms with Gasteiger partial charge in [0.15, 0.2) is 11.6 Å². The number of nitrogens with zero attached hydrogens (tertiary/aromatic N) is 1. The molecule has 0 fully saturated rings. The van der Waals surface area contributed by atoms with E-state index < -0.39 is 11.6 Å². The van der Waals surface area contributed by atoms with Gasteiger partial charge >= 0.3 is 0 Å². The van der Waals surface area contributed by atoms with Crippen LogP contribution in [0.15, 0.2) is 18.2 Å². The van der Waals surface area contributed by atoms with Crippen molar-refractivity contribution in [2.75, 3.05) is 0 Å². The molecule has 0 unspecified atom stereocenters. The zero-order chi connectivity index (χ0) is 12.4. The largest absolute Gasteiger partial charge is 0.390 e. The maximum absolute atomic E-state index is 13.1. The van der Waals surface area contributed by atoms with Gasteiger partial charge in [-0.25, -0.2) is 13.8 Å². The van der Waals surface area contributed by atoms with Crippen molar-refractivity contribution in [3.05, 3.63) is 40.4 Å². The van der Waals surface area contributed by atoms with Crippen molar-refractivity contribution < 1.29 is 13.9 Å². The van der Waals surface area contributed by atoms with Crippen LogP contribution in [0.4, 0.5) is 8.78 Å². The van der Waals surface area contributed by atoms with E-state index in [-0.39, 0.29) is 6.61 Å². The molecule has 2 nitrogen and oxygen atoms in total. The van der Waals surface area contributed by atoms with Crippen LogP contribution < -0.4 is 0 Å². The second kappa shape index (κ2) is 4.89. The SMILES string of the molecule is CCc1sc(-c2ccc(F)c(F)c2)nc1CO. The summed E-state index contributed by atoms with van der Waals surface area (Å²) < 4.78 is 25.9. The van der Waals surface area contributed by atoms with Crippen molar-refractivity contribution in [2.45, 2.75) is 20.0 Å². The standard InChI is InChI=1S/C12H11F2NOS/c1-2-11-10(6-16)15-12(17-11)7-3-4-8(13)9(14)5-7/h3-5,16H,2,6H2,1H3. The van der Waals surface area contributed by atoms with Crippen LogP contribution in [0, 0.1) is 11.6 Å². The van der Waals surface area contributed by atoms with E-state index in [0.717, 1.165) is 23.4 Å². The molecule has 0 saturated carbocycles. The molecule has 90 valence electrons. The lowest BCUT2D eigenvalue weighted by molar-refractivity contribution is 0.276. The molecule has 0 aliphatic rings. The number of aliphatic hydroxyl groups is 1.